The molecule has 10 nitrogen and oxygen atoms in total. The van der Waals surface area contributed by atoms with Crippen LogP contribution in [0.4, 0.5) is 17.1 Å². The molecule has 0 saturated heterocycles. The number of nitrogens with one attached hydrogen (secondary N) is 5. The van der Waals surface area contributed by atoms with E-state index in [2.05, 4.69) is 26.6 Å². The highest BCUT2D eigenvalue weighted by atomic mass is 16.3. The van der Waals surface area contributed by atoms with Gasteiger partial charge in [0.15, 0.2) is 6.23 Å². The molecule has 3 rings (SSSR count). The quantitative estimate of drug-likeness (QED) is 0.147. The van der Waals surface area contributed by atoms with Gasteiger partial charge in [-0.2, -0.15) is 0 Å². The topological polar surface area (TPSA) is 158 Å². The third kappa shape index (κ3) is 8.73. The number of carbonyl (C=O) groups is 3. The summed E-state index contributed by atoms with van der Waals surface area (Å²) in [6.45, 7) is 3.80. The van der Waals surface area contributed by atoms with Gasteiger partial charge in [0.1, 0.15) is 0 Å². The number of rotatable bonds is 12. The van der Waals surface area contributed by atoms with E-state index in [0.29, 0.717) is 59.9 Å². The molecular formula is C27H32N6O4. The zero-order valence-electron chi connectivity index (χ0n) is 20.6. The van der Waals surface area contributed by atoms with Crippen LogP contribution in [-0.2, 0) is 4.79 Å². The fourth-order valence-corrected chi connectivity index (χ4v) is 3.41. The lowest BCUT2D eigenvalue weighted by molar-refractivity contribution is -0.114. The number of benzene rings is 3. The van der Waals surface area contributed by atoms with Crippen molar-refractivity contribution >= 4 is 34.8 Å². The van der Waals surface area contributed by atoms with Crippen molar-refractivity contribution in [1.82, 2.24) is 10.6 Å². The summed E-state index contributed by atoms with van der Waals surface area (Å²) in [7, 11) is 0. The Morgan fingerprint density at radius 3 is 1.86 bits per heavy atom. The summed E-state index contributed by atoms with van der Waals surface area (Å²) in [5, 5.41) is 24.8. The van der Waals surface area contributed by atoms with Gasteiger partial charge in [0.2, 0.25) is 5.91 Å². The molecule has 10 heteroatoms. The van der Waals surface area contributed by atoms with E-state index >= 15 is 0 Å². The summed E-state index contributed by atoms with van der Waals surface area (Å²) in [5.74, 6) is -0.663. The maximum absolute atomic E-state index is 12.6. The largest absolute Gasteiger partial charge is 0.369 e. The molecule has 1 atom stereocenters. The Hall–Kier alpha value is -4.25. The van der Waals surface area contributed by atoms with Gasteiger partial charge in [-0.3, -0.25) is 14.4 Å². The van der Waals surface area contributed by atoms with Gasteiger partial charge in [0.05, 0.1) is 0 Å². The Labute approximate surface area is 215 Å². The smallest absolute Gasteiger partial charge is 0.255 e. The lowest BCUT2D eigenvalue weighted by Crippen LogP contribution is -2.33. The molecule has 1 unspecified atom stereocenters. The highest BCUT2D eigenvalue weighted by Crippen LogP contribution is 2.20. The Morgan fingerprint density at radius 2 is 1.27 bits per heavy atom. The van der Waals surface area contributed by atoms with Gasteiger partial charge in [-0.05, 0) is 60.7 Å². The highest BCUT2D eigenvalue weighted by Gasteiger charge is 2.11. The summed E-state index contributed by atoms with van der Waals surface area (Å²) in [6.07, 6.45) is -0.969. The van der Waals surface area contributed by atoms with Gasteiger partial charge >= 0.3 is 0 Å². The number of aliphatic hydroxyl groups excluding tert-OH is 1. The van der Waals surface area contributed by atoms with Crippen molar-refractivity contribution in [3.8, 4) is 0 Å². The first-order valence-corrected chi connectivity index (χ1v) is 11.9. The molecule has 3 amide bonds. The van der Waals surface area contributed by atoms with Gasteiger partial charge in [0.25, 0.3) is 11.8 Å². The first kappa shape index (κ1) is 27.3. The van der Waals surface area contributed by atoms with Crippen LogP contribution in [-0.4, -0.2) is 49.0 Å². The molecule has 0 spiro atoms. The molecule has 0 bridgehead atoms. The minimum absolute atomic E-state index is 0.168. The van der Waals surface area contributed by atoms with Crippen LogP contribution in [0.2, 0.25) is 0 Å². The second kappa shape index (κ2) is 13.7. The lowest BCUT2D eigenvalue weighted by Gasteiger charge is -2.15. The molecule has 0 fully saturated rings. The van der Waals surface area contributed by atoms with E-state index in [-0.39, 0.29) is 17.7 Å². The zero-order valence-corrected chi connectivity index (χ0v) is 20.6. The van der Waals surface area contributed by atoms with E-state index in [1.807, 2.05) is 0 Å². The molecule has 0 aliphatic rings. The van der Waals surface area contributed by atoms with Crippen molar-refractivity contribution in [3.05, 3.63) is 89.5 Å². The Bertz CT molecular complexity index is 1180. The molecule has 0 aliphatic heterocycles. The molecule has 0 saturated carbocycles. The van der Waals surface area contributed by atoms with Crippen LogP contribution in [0, 0.1) is 0 Å². The summed E-state index contributed by atoms with van der Waals surface area (Å²) >= 11 is 0. The molecular weight excluding hydrogens is 472 g/mol. The van der Waals surface area contributed by atoms with E-state index in [9.17, 15) is 19.5 Å². The number of hydrogen-bond acceptors (Lipinski definition) is 7. The summed E-state index contributed by atoms with van der Waals surface area (Å²) < 4.78 is 0. The monoisotopic (exact) mass is 504 g/mol. The standard InChI is InChI=1S/C27H32N6O4/c1-18(34)31-22-8-4-20(5-9-22)26(36)33-24-12-6-21(7-13-24)27(37)32-23-10-2-19(3-11-23)25(35)30-17-16-29-15-14-28/h2-13,26,29,33,36H,14-17,28H2,1H3,(H,30,35)(H,31,34)(H,32,37). The van der Waals surface area contributed by atoms with Crippen LogP contribution in [0.25, 0.3) is 0 Å². The minimum atomic E-state index is -0.969. The van der Waals surface area contributed by atoms with Crippen LogP contribution >= 0.6 is 0 Å². The summed E-state index contributed by atoms with van der Waals surface area (Å²) in [5.41, 5.74) is 8.79. The average Bonchev–Trinajstić information content (AvgIpc) is 2.89. The first-order valence-electron chi connectivity index (χ1n) is 11.9. The lowest BCUT2D eigenvalue weighted by atomic mass is 10.1. The Morgan fingerprint density at radius 1 is 0.730 bits per heavy atom. The van der Waals surface area contributed by atoms with Crippen LogP contribution in [0.1, 0.15) is 39.4 Å². The second-order valence-corrected chi connectivity index (χ2v) is 8.25. The molecule has 0 aromatic heterocycles. The van der Waals surface area contributed by atoms with Gasteiger partial charge in [-0.15, -0.1) is 0 Å². The highest BCUT2D eigenvalue weighted by molar-refractivity contribution is 6.04. The Balaban J connectivity index is 1.49. The van der Waals surface area contributed by atoms with E-state index < -0.39 is 6.23 Å². The summed E-state index contributed by atoms with van der Waals surface area (Å²) in [6, 6.07) is 20.1. The number of nitrogens with two attached hydrogens (primary N) is 1. The first-order chi connectivity index (χ1) is 17.9. The molecule has 194 valence electrons. The predicted octanol–water partition coefficient (Wildman–Crippen LogP) is 2.28. The van der Waals surface area contributed by atoms with E-state index in [1.54, 1.807) is 72.8 Å². The van der Waals surface area contributed by atoms with E-state index in [4.69, 9.17) is 5.73 Å². The van der Waals surface area contributed by atoms with E-state index in [0.717, 1.165) is 0 Å². The molecule has 0 heterocycles. The SMILES string of the molecule is CC(=O)Nc1ccc(C(O)Nc2ccc(C(=O)Nc3ccc(C(=O)NCCNCCN)cc3)cc2)cc1. The molecule has 8 N–H and O–H groups in total. The van der Waals surface area contributed by atoms with Gasteiger partial charge in [-0.25, -0.2) is 0 Å². The third-order valence-corrected chi connectivity index (χ3v) is 5.31. The van der Waals surface area contributed by atoms with Crippen LogP contribution < -0.4 is 32.3 Å². The fourth-order valence-electron chi connectivity index (χ4n) is 3.41. The molecule has 3 aromatic rings. The van der Waals surface area contributed by atoms with E-state index in [1.165, 1.54) is 6.92 Å². The average molecular weight is 505 g/mol. The number of aliphatic hydroxyl groups is 1. The van der Waals surface area contributed by atoms with Crippen molar-refractivity contribution in [2.24, 2.45) is 5.73 Å². The third-order valence-electron chi connectivity index (χ3n) is 5.31. The molecule has 0 radical (unpaired) electrons. The van der Waals surface area contributed by atoms with Crippen molar-refractivity contribution < 1.29 is 19.5 Å². The van der Waals surface area contributed by atoms with Crippen molar-refractivity contribution in [3.63, 3.8) is 0 Å². The minimum Gasteiger partial charge on any atom is -0.369 e. The zero-order chi connectivity index (χ0) is 26.6. The van der Waals surface area contributed by atoms with Crippen LogP contribution in [0.15, 0.2) is 72.8 Å². The maximum atomic E-state index is 12.6. The predicted molar refractivity (Wildman–Crippen MR) is 144 cm³/mol. The van der Waals surface area contributed by atoms with Gasteiger partial charge in [0, 0.05) is 66.9 Å². The van der Waals surface area contributed by atoms with Crippen molar-refractivity contribution in [2.45, 2.75) is 13.2 Å². The molecule has 0 aliphatic carbocycles. The van der Waals surface area contributed by atoms with Gasteiger partial charge in [-0.1, -0.05) is 12.1 Å². The Kier molecular flexibility index (Phi) is 10.1. The normalized spacial score (nSPS) is 11.3. The number of amides is 3. The van der Waals surface area contributed by atoms with Crippen LogP contribution in [0.3, 0.4) is 0 Å². The van der Waals surface area contributed by atoms with Crippen molar-refractivity contribution in [1.29, 1.82) is 0 Å². The van der Waals surface area contributed by atoms with Gasteiger partial charge < -0.3 is 37.4 Å². The van der Waals surface area contributed by atoms with Crippen molar-refractivity contribution in [2.75, 3.05) is 42.1 Å². The number of anilines is 3. The summed E-state index contributed by atoms with van der Waals surface area (Å²) in [4.78, 5) is 35.9. The number of carbonyl (C=O) groups excluding carboxylic acids is 3. The second-order valence-electron chi connectivity index (χ2n) is 8.25. The fraction of sp³-hybridized carbons (Fsp3) is 0.222. The maximum Gasteiger partial charge on any atom is 0.255 e. The molecule has 37 heavy (non-hydrogen) atoms. The van der Waals surface area contributed by atoms with Crippen LogP contribution in [0.5, 0.6) is 0 Å². The number of hydrogen-bond donors (Lipinski definition) is 7. The molecule has 3 aromatic carbocycles.